The zero-order chi connectivity index (χ0) is 23.5. The fraction of sp³-hybridized carbons (Fsp3) is 0.130. The average molecular weight is 453 g/mol. The molecule has 1 amide bonds. The van der Waals surface area contributed by atoms with Crippen molar-refractivity contribution < 1.29 is 9.59 Å². The van der Waals surface area contributed by atoms with Gasteiger partial charge >= 0.3 is 0 Å². The van der Waals surface area contributed by atoms with Gasteiger partial charge in [0.25, 0.3) is 5.91 Å². The minimum Gasteiger partial charge on any atom is -0.358 e. The van der Waals surface area contributed by atoms with Crippen molar-refractivity contribution in [1.29, 1.82) is 0 Å². The van der Waals surface area contributed by atoms with Gasteiger partial charge in [-0.1, -0.05) is 0 Å². The van der Waals surface area contributed by atoms with Crippen LogP contribution in [0.2, 0.25) is 0 Å². The topological polar surface area (TPSA) is 144 Å². The second kappa shape index (κ2) is 8.98. The molecular weight excluding hydrogens is 434 g/mol. The van der Waals surface area contributed by atoms with Crippen molar-refractivity contribution in [2.75, 3.05) is 0 Å². The van der Waals surface area contributed by atoms with Gasteiger partial charge in [0.2, 0.25) is 5.91 Å². The number of rotatable bonds is 6. The smallest absolute Gasteiger partial charge is 0.273 e. The molecule has 0 fully saturated rings. The molecule has 0 aromatic carbocycles. The Morgan fingerprint density at radius 3 is 2.68 bits per heavy atom. The number of H-pyrrole nitrogens is 1. The predicted octanol–water partition coefficient (Wildman–Crippen LogP) is 1.96. The van der Waals surface area contributed by atoms with E-state index in [0.29, 0.717) is 34.9 Å². The fourth-order valence-electron chi connectivity index (χ4n) is 3.79. The molecule has 5 rings (SSSR count). The third kappa shape index (κ3) is 4.01. The highest BCUT2D eigenvalue weighted by molar-refractivity contribution is 6.32. The summed E-state index contributed by atoms with van der Waals surface area (Å²) in [6, 6.07) is 1.73. The van der Waals surface area contributed by atoms with E-state index in [0.717, 1.165) is 16.8 Å². The summed E-state index contributed by atoms with van der Waals surface area (Å²) in [5.74, 6) is 0.0509. The van der Waals surface area contributed by atoms with Crippen LogP contribution >= 0.6 is 0 Å². The summed E-state index contributed by atoms with van der Waals surface area (Å²) >= 11 is 0. The number of carbonyl (C=O) groups is 2. The SMILES string of the molecule is Cc1[nH]c(C=C2C(=O)NN=C2c2cnccn2)c(-c2ncccn2)c1CCC(=O)n1ccnc1. The minimum absolute atomic E-state index is 0.0785. The lowest BCUT2D eigenvalue weighted by atomic mass is 10.00. The van der Waals surface area contributed by atoms with Crippen LogP contribution in [-0.4, -0.2) is 52.0 Å². The van der Waals surface area contributed by atoms with Crippen LogP contribution in [0.3, 0.4) is 0 Å². The maximum absolute atomic E-state index is 12.6. The number of hydrazone groups is 1. The molecule has 11 heteroatoms. The molecule has 0 saturated carbocycles. The Morgan fingerprint density at radius 2 is 1.94 bits per heavy atom. The van der Waals surface area contributed by atoms with Crippen LogP contribution in [0.4, 0.5) is 0 Å². The van der Waals surface area contributed by atoms with Gasteiger partial charge in [-0.25, -0.2) is 20.4 Å². The second-order valence-corrected chi connectivity index (χ2v) is 7.50. The Balaban J connectivity index is 1.56. The van der Waals surface area contributed by atoms with Crippen molar-refractivity contribution in [2.24, 2.45) is 5.10 Å². The molecule has 168 valence electrons. The summed E-state index contributed by atoms with van der Waals surface area (Å²) in [4.78, 5) is 49.6. The maximum atomic E-state index is 12.6. The molecule has 0 spiro atoms. The molecule has 5 heterocycles. The van der Waals surface area contributed by atoms with Crippen molar-refractivity contribution in [1.82, 2.24) is 39.9 Å². The number of hydrogen-bond donors (Lipinski definition) is 2. The normalized spacial score (nSPS) is 14.3. The minimum atomic E-state index is -0.357. The van der Waals surface area contributed by atoms with E-state index in [9.17, 15) is 9.59 Å². The van der Waals surface area contributed by atoms with E-state index in [1.54, 1.807) is 49.3 Å². The van der Waals surface area contributed by atoms with Gasteiger partial charge in [0.15, 0.2) is 5.82 Å². The number of nitrogens with one attached hydrogen (secondary N) is 2. The van der Waals surface area contributed by atoms with E-state index < -0.39 is 0 Å². The van der Waals surface area contributed by atoms with Crippen LogP contribution in [0.25, 0.3) is 17.5 Å². The first-order chi connectivity index (χ1) is 16.6. The number of nitrogens with zero attached hydrogens (tertiary/aromatic N) is 7. The Kier molecular flexibility index (Phi) is 5.56. The lowest BCUT2D eigenvalue weighted by Gasteiger charge is -2.07. The van der Waals surface area contributed by atoms with Gasteiger partial charge in [0.05, 0.1) is 17.5 Å². The molecule has 0 bridgehead atoms. The summed E-state index contributed by atoms with van der Waals surface area (Å²) in [5, 5.41) is 4.13. The largest absolute Gasteiger partial charge is 0.358 e. The van der Waals surface area contributed by atoms with Crippen LogP contribution in [0, 0.1) is 6.92 Å². The molecule has 0 radical (unpaired) electrons. The van der Waals surface area contributed by atoms with Crippen LogP contribution in [0.1, 0.15) is 33.9 Å². The molecule has 0 saturated heterocycles. The van der Waals surface area contributed by atoms with E-state index in [1.165, 1.54) is 17.1 Å². The van der Waals surface area contributed by atoms with E-state index in [1.807, 2.05) is 6.92 Å². The lowest BCUT2D eigenvalue weighted by molar-refractivity contribution is -0.116. The van der Waals surface area contributed by atoms with Crippen LogP contribution in [0.15, 0.2) is 66.4 Å². The molecule has 4 aromatic rings. The summed E-state index contributed by atoms with van der Waals surface area (Å²) in [7, 11) is 0. The first kappa shape index (κ1) is 21.1. The standard InChI is InChI=1S/C23H19N9O2/c1-14-15(3-4-19(33)32-10-9-25-13-32)20(22-27-5-2-6-28-22)17(29-14)11-16-21(30-31-23(16)34)18-12-24-7-8-26-18/h2,5-13,29H,3-4H2,1H3,(H,31,34). The number of imidazole rings is 1. The average Bonchev–Trinajstić information content (AvgIpc) is 3.59. The highest BCUT2D eigenvalue weighted by atomic mass is 16.2. The zero-order valence-electron chi connectivity index (χ0n) is 18.1. The third-order valence-corrected chi connectivity index (χ3v) is 5.38. The fourth-order valence-corrected chi connectivity index (χ4v) is 3.79. The Hall–Kier alpha value is -4.80. The number of aromatic amines is 1. The lowest BCUT2D eigenvalue weighted by Crippen LogP contribution is -2.14. The van der Waals surface area contributed by atoms with E-state index in [2.05, 4.69) is 40.4 Å². The summed E-state index contributed by atoms with van der Waals surface area (Å²) < 4.78 is 1.45. The first-order valence-electron chi connectivity index (χ1n) is 10.5. The molecule has 0 aliphatic carbocycles. The van der Waals surface area contributed by atoms with Crippen molar-refractivity contribution in [3.05, 3.63) is 84.0 Å². The van der Waals surface area contributed by atoms with Crippen LogP contribution < -0.4 is 5.43 Å². The molecule has 34 heavy (non-hydrogen) atoms. The molecule has 1 aliphatic rings. The number of amides is 1. The van der Waals surface area contributed by atoms with Gasteiger partial charge < -0.3 is 4.98 Å². The van der Waals surface area contributed by atoms with Gasteiger partial charge in [0, 0.05) is 54.9 Å². The van der Waals surface area contributed by atoms with Crippen molar-refractivity contribution in [3.63, 3.8) is 0 Å². The molecule has 11 nitrogen and oxygen atoms in total. The summed E-state index contributed by atoms with van der Waals surface area (Å²) in [5.41, 5.74) is 6.79. The van der Waals surface area contributed by atoms with Gasteiger partial charge in [-0.05, 0) is 31.1 Å². The molecule has 2 N–H and O–H groups in total. The van der Waals surface area contributed by atoms with Gasteiger partial charge in [-0.2, -0.15) is 5.10 Å². The Labute approximate surface area is 193 Å². The number of carbonyl (C=O) groups excluding carboxylic acids is 2. The molecule has 1 aliphatic heterocycles. The Morgan fingerprint density at radius 1 is 1.09 bits per heavy atom. The highest BCUT2D eigenvalue weighted by Crippen LogP contribution is 2.31. The van der Waals surface area contributed by atoms with E-state index >= 15 is 0 Å². The van der Waals surface area contributed by atoms with Crippen molar-refractivity contribution in [3.8, 4) is 11.4 Å². The van der Waals surface area contributed by atoms with Crippen LogP contribution in [0.5, 0.6) is 0 Å². The first-order valence-corrected chi connectivity index (χ1v) is 10.5. The number of aromatic nitrogens is 7. The molecule has 0 atom stereocenters. The van der Waals surface area contributed by atoms with Gasteiger partial charge in [-0.15, -0.1) is 0 Å². The highest BCUT2D eigenvalue weighted by Gasteiger charge is 2.27. The van der Waals surface area contributed by atoms with Gasteiger partial charge in [-0.3, -0.25) is 24.1 Å². The third-order valence-electron chi connectivity index (χ3n) is 5.38. The predicted molar refractivity (Wildman–Crippen MR) is 122 cm³/mol. The quantitative estimate of drug-likeness (QED) is 0.425. The zero-order valence-corrected chi connectivity index (χ0v) is 18.1. The van der Waals surface area contributed by atoms with E-state index in [-0.39, 0.29) is 18.2 Å². The number of hydrogen-bond acceptors (Lipinski definition) is 8. The second-order valence-electron chi connectivity index (χ2n) is 7.50. The number of aryl methyl sites for hydroxylation is 1. The van der Waals surface area contributed by atoms with Gasteiger partial charge in [0.1, 0.15) is 17.7 Å². The Bertz CT molecular complexity index is 1410. The molecule has 4 aromatic heterocycles. The molecule has 0 unspecified atom stereocenters. The molecular formula is C23H19N9O2. The van der Waals surface area contributed by atoms with Crippen molar-refractivity contribution >= 4 is 23.6 Å². The summed E-state index contributed by atoms with van der Waals surface area (Å²) in [6.07, 6.45) is 15.0. The summed E-state index contributed by atoms with van der Waals surface area (Å²) in [6.45, 7) is 1.91. The van der Waals surface area contributed by atoms with E-state index in [4.69, 9.17) is 0 Å². The van der Waals surface area contributed by atoms with Crippen LogP contribution in [-0.2, 0) is 11.2 Å². The van der Waals surface area contributed by atoms with Crippen molar-refractivity contribution in [2.45, 2.75) is 19.8 Å². The monoisotopic (exact) mass is 453 g/mol. The maximum Gasteiger partial charge on any atom is 0.273 e.